The number of carbonyl (C=O) groups is 2. The molecule has 0 aromatic heterocycles. The van der Waals surface area contributed by atoms with Crippen molar-refractivity contribution in [3.63, 3.8) is 0 Å². The molecule has 1 aliphatic carbocycles. The van der Waals surface area contributed by atoms with Gasteiger partial charge in [0.15, 0.2) is 0 Å². The quantitative estimate of drug-likeness (QED) is 0.847. The van der Waals surface area contributed by atoms with E-state index >= 15 is 0 Å². The van der Waals surface area contributed by atoms with Crippen molar-refractivity contribution in [3.8, 4) is 5.75 Å². The van der Waals surface area contributed by atoms with E-state index in [1.807, 2.05) is 0 Å². The third kappa shape index (κ3) is 3.79. The molecule has 1 fully saturated rings. The number of hydrogen-bond acceptors (Lipinski definition) is 3. The number of rotatable bonds is 6. The van der Waals surface area contributed by atoms with Crippen LogP contribution in [0.2, 0.25) is 0 Å². The van der Waals surface area contributed by atoms with Crippen LogP contribution in [0.5, 0.6) is 5.75 Å². The predicted octanol–water partition coefficient (Wildman–Crippen LogP) is 2.37. The zero-order valence-corrected chi connectivity index (χ0v) is 13.8. The molecular weight excluding hydrogens is 323 g/mol. The lowest BCUT2D eigenvalue weighted by molar-refractivity contribution is -0.121. The first kappa shape index (κ1) is 17.0. The standard InChI is InChI=1S/C19H19FN2O3/c1-25-16-8-3-2-7-15(16)18(24)21-12-17(23)22-19(9-10-19)13-5-4-6-14(20)11-13/h2-8,11H,9-10,12H2,1H3,(H,21,24)(H,22,23). The van der Waals surface area contributed by atoms with E-state index in [9.17, 15) is 14.0 Å². The molecule has 0 heterocycles. The maximum Gasteiger partial charge on any atom is 0.255 e. The molecule has 0 unspecified atom stereocenters. The molecule has 1 saturated carbocycles. The molecule has 2 amide bonds. The van der Waals surface area contributed by atoms with Crippen molar-refractivity contribution >= 4 is 11.8 Å². The van der Waals surface area contributed by atoms with Crippen LogP contribution >= 0.6 is 0 Å². The Labute approximate surface area is 145 Å². The molecule has 2 aromatic rings. The van der Waals surface area contributed by atoms with Crippen LogP contribution in [0, 0.1) is 5.82 Å². The van der Waals surface area contributed by atoms with E-state index < -0.39 is 5.54 Å². The summed E-state index contributed by atoms with van der Waals surface area (Å²) in [6, 6.07) is 13.0. The van der Waals surface area contributed by atoms with Crippen molar-refractivity contribution in [1.82, 2.24) is 10.6 Å². The topological polar surface area (TPSA) is 67.4 Å². The Morgan fingerprint density at radius 1 is 1.16 bits per heavy atom. The van der Waals surface area contributed by atoms with Gasteiger partial charge in [0, 0.05) is 0 Å². The molecule has 2 aromatic carbocycles. The largest absolute Gasteiger partial charge is 0.496 e. The minimum Gasteiger partial charge on any atom is -0.496 e. The monoisotopic (exact) mass is 342 g/mol. The highest BCUT2D eigenvalue weighted by Crippen LogP contribution is 2.45. The molecule has 0 radical (unpaired) electrons. The van der Waals surface area contributed by atoms with Crippen LogP contribution in [-0.2, 0) is 10.3 Å². The molecule has 0 saturated heterocycles. The Morgan fingerprint density at radius 2 is 1.92 bits per heavy atom. The molecule has 5 nitrogen and oxygen atoms in total. The lowest BCUT2D eigenvalue weighted by Gasteiger charge is -2.18. The summed E-state index contributed by atoms with van der Waals surface area (Å²) in [7, 11) is 1.48. The Bertz CT molecular complexity index is 803. The van der Waals surface area contributed by atoms with Gasteiger partial charge in [-0.05, 0) is 42.7 Å². The highest BCUT2D eigenvalue weighted by Gasteiger charge is 2.45. The lowest BCUT2D eigenvalue weighted by atomic mass is 10.0. The fourth-order valence-electron chi connectivity index (χ4n) is 2.80. The molecule has 0 spiro atoms. The van der Waals surface area contributed by atoms with E-state index in [-0.39, 0.29) is 24.2 Å². The zero-order chi connectivity index (χ0) is 17.9. The fraction of sp³-hybridized carbons (Fsp3) is 0.263. The van der Waals surface area contributed by atoms with E-state index in [0.717, 1.165) is 18.4 Å². The second-order valence-electron chi connectivity index (χ2n) is 6.02. The summed E-state index contributed by atoms with van der Waals surface area (Å²) in [4.78, 5) is 24.4. The van der Waals surface area contributed by atoms with Crippen molar-refractivity contribution in [2.45, 2.75) is 18.4 Å². The maximum absolute atomic E-state index is 13.4. The van der Waals surface area contributed by atoms with Crippen LogP contribution in [0.1, 0.15) is 28.8 Å². The average Bonchev–Trinajstić information content (AvgIpc) is 3.40. The number of amides is 2. The van der Waals surface area contributed by atoms with Gasteiger partial charge >= 0.3 is 0 Å². The molecular formula is C19H19FN2O3. The summed E-state index contributed by atoms with van der Waals surface area (Å²) in [5, 5.41) is 5.48. The Kier molecular flexibility index (Phi) is 4.70. The summed E-state index contributed by atoms with van der Waals surface area (Å²) in [6.45, 7) is -0.159. The number of para-hydroxylation sites is 1. The van der Waals surface area contributed by atoms with Gasteiger partial charge in [-0.3, -0.25) is 9.59 Å². The molecule has 0 atom stereocenters. The smallest absolute Gasteiger partial charge is 0.255 e. The summed E-state index contributed by atoms with van der Waals surface area (Å²) >= 11 is 0. The van der Waals surface area contributed by atoms with Crippen molar-refractivity contribution in [2.75, 3.05) is 13.7 Å². The number of hydrogen-bond donors (Lipinski definition) is 2. The minimum absolute atomic E-state index is 0.159. The van der Waals surface area contributed by atoms with Gasteiger partial charge in [0.1, 0.15) is 11.6 Å². The van der Waals surface area contributed by atoms with Crippen LogP contribution in [0.25, 0.3) is 0 Å². The van der Waals surface area contributed by atoms with Gasteiger partial charge in [0.25, 0.3) is 5.91 Å². The van der Waals surface area contributed by atoms with Gasteiger partial charge in [-0.2, -0.15) is 0 Å². The summed E-state index contributed by atoms with van der Waals surface area (Å²) in [5.74, 6) is -0.588. The SMILES string of the molecule is COc1ccccc1C(=O)NCC(=O)NC1(c2cccc(F)c2)CC1. The van der Waals surface area contributed by atoms with Crippen LogP contribution in [-0.4, -0.2) is 25.5 Å². The molecule has 25 heavy (non-hydrogen) atoms. The average molecular weight is 342 g/mol. The van der Waals surface area contributed by atoms with Crippen molar-refractivity contribution in [1.29, 1.82) is 0 Å². The van der Waals surface area contributed by atoms with E-state index in [1.165, 1.54) is 19.2 Å². The Morgan fingerprint density at radius 3 is 2.60 bits per heavy atom. The third-order valence-electron chi connectivity index (χ3n) is 4.27. The van der Waals surface area contributed by atoms with Crippen LogP contribution < -0.4 is 15.4 Å². The number of ether oxygens (including phenoxy) is 1. The first-order valence-corrected chi connectivity index (χ1v) is 8.02. The molecule has 130 valence electrons. The molecule has 0 aliphatic heterocycles. The normalized spacial score (nSPS) is 14.5. The summed E-state index contributed by atoms with van der Waals surface area (Å²) in [5.41, 5.74) is 0.593. The Hall–Kier alpha value is -2.89. The Balaban J connectivity index is 1.59. The number of halogens is 1. The van der Waals surface area contributed by atoms with E-state index in [0.29, 0.717) is 11.3 Å². The lowest BCUT2D eigenvalue weighted by Crippen LogP contribution is -2.42. The number of nitrogens with one attached hydrogen (secondary N) is 2. The zero-order valence-electron chi connectivity index (χ0n) is 13.8. The summed E-state index contributed by atoms with van der Waals surface area (Å²) < 4.78 is 18.5. The van der Waals surface area contributed by atoms with Crippen LogP contribution in [0.4, 0.5) is 4.39 Å². The minimum atomic E-state index is -0.519. The predicted molar refractivity (Wildman–Crippen MR) is 90.8 cm³/mol. The van der Waals surface area contributed by atoms with Crippen molar-refractivity contribution in [2.24, 2.45) is 0 Å². The second kappa shape index (κ2) is 6.93. The second-order valence-corrected chi connectivity index (χ2v) is 6.02. The van der Waals surface area contributed by atoms with E-state index in [1.54, 1.807) is 36.4 Å². The van der Waals surface area contributed by atoms with Gasteiger partial charge in [-0.15, -0.1) is 0 Å². The van der Waals surface area contributed by atoms with Crippen LogP contribution in [0.15, 0.2) is 48.5 Å². The van der Waals surface area contributed by atoms with E-state index in [4.69, 9.17) is 4.74 Å². The molecule has 6 heteroatoms. The molecule has 1 aliphatic rings. The summed E-state index contributed by atoms with van der Waals surface area (Å²) in [6.07, 6.45) is 1.51. The first-order chi connectivity index (χ1) is 12.0. The number of methoxy groups -OCH3 is 1. The van der Waals surface area contributed by atoms with Crippen molar-refractivity contribution in [3.05, 3.63) is 65.5 Å². The van der Waals surface area contributed by atoms with Crippen molar-refractivity contribution < 1.29 is 18.7 Å². The first-order valence-electron chi connectivity index (χ1n) is 8.02. The van der Waals surface area contributed by atoms with Gasteiger partial charge in [0.2, 0.25) is 5.91 Å². The van der Waals surface area contributed by atoms with Gasteiger partial charge < -0.3 is 15.4 Å². The number of benzene rings is 2. The van der Waals surface area contributed by atoms with Gasteiger partial charge in [-0.1, -0.05) is 24.3 Å². The number of carbonyl (C=O) groups excluding carboxylic acids is 2. The van der Waals surface area contributed by atoms with Crippen LogP contribution in [0.3, 0.4) is 0 Å². The third-order valence-corrected chi connectivity index (χ3v) is 4.27. The highest BCUT2D eigenvalue weighted by atomic mass is 19.1. The molecule has 3 rings (SSSR count). The molecule has 0 bridgehead atoms. The highest BCUT2D eigenvalue weighted by molar-refractivity contribution is 5.98. The fourth-order valence-corrected chi connectivity index (χ4v) is 2.80. The van der Waals surface area contributed by atoms with E-state index in [2.05, 4.69) is 10.6 Å². The van der Waals surface area contributed by atoms with Gasteiger partial charge in [-0.25, -0.2) is 4.39 Å². The maximum atomic E-state index is 13.4. The van der Waals surface area contributed by atoms with Gasteiger partial charge in [0.05, 0.1) is 24.8 Å². The molecule has 2 N–H and O–H groups in total.